The summed E-state index contributed by atoms with van der Waals surface area (Å²) in [6.07, 6.45) is 2.30. The van der Waals surface area contributed by atoms with Crippen LogP contribution in [0.5, 0.6) is 0 Å². The number of carbonyl (C=O) groups excluding carboxylic acids is 2. The standard InChI is InChI=1S/C20H30N4O2/c1-4-23-13-12-20(11-10-18(23)25)16-24(15-14-21(20)2)19(26)22(3)17-8-6-5-7-9-17/h5-9H,4,10-16H2,1-3H3/t20-/m1/s1. The van der Waals surface area contributed by atoms with E-state index in [-0.39, 0.29) is 17.5 Å². The first-order valence-corrected chi connectivity index (χ1v) is 9.53. The highest BCUT2D eigenvalue weighted by Gasteiger charge is 2.43. The SMILES string of the molecule is CCN1CC[C@]2(CCC1=O)CN(C(=O)N(C)c1ccccc1)CCN2C. The molecule has 0 N–H and O–H groups in total. The minimum Gasteiger partial charge on any atom is -0.343 e. The van der Waals surface area contributed by atoms with E-state index in [1.807, 2.05) is 54.1 Å². The van der Waals surface area contributed by atoms with Crippen LogP contribution in [0.2, 0.25) is 0 Å². The molecule has 0 bridgehead atoms. The van der Waals surface area contributed by atoms with Gasteiger partial charge in [0.05, 0.1) is 0 Å². The Morgan fingerprint density at radius 3 is 2.58 bits per heavy atom. The lowest BCUT2D eigenvalue weighted by Gasteiger charge is -2.49. The topological polar surface area (TPSA) is 47.1 Å². The normalized spacial score (nSPS) is 24.7. The van der Waals surface area contributed by atoms with Crippen molar-refractivity contribution in [3.8, 4) is 0 Å². The summed E-state index contributed by atoms with van der Waals surface area (Å²) in [5, 5.41) is 0. The van der Waals surface area contributed by atoms with E-state index < -0.39 is 0 Å². The van der Waals surface area contributed by atoms with E-state index in [0.717, 1.165) is 44.7 Å². The molecule has 0 radical (unpaired) electrons. The minimum atomic E-state index is -0.106. The Labute approximate surface area is 156 Å². The van der Waals surface area contributed by atoms with Crippen LogP contribution in [0.25, 0.3) is 0 Å². The molecule has 1 spiro atoms. The van der Waals surface area contributed by atoms with Crippen molar-refractivity contribution in [2.45, 2.75) is 31.7 Å². The summed E-state index contributed by atoms with van der Waals surface area (Å²) < 4.78 is 0. The zero-order chi connectivity index (χ0) is 18.7. The molecule has 2 heterocycles. The first kappa shape index (κ1) is 18.7. The van der Waals surface area contributed by atoms with Gasteiger partial charge in [-0.05, 0) is 38.9 Å². The molecule has 0 unspecified atom stereocenters. The van der Waals surface area contributed by atoms with Crippen LogP contribution in [0.15, 0.2) is 30.3 Å². The fourth-order valence-electron chi connectivity index (χ4n) is 4.17. The third-order valence-corrected chi connectivity index (χ3v) is 6.09. The number of likely N-dealkylation sites (N-methyl/N-ethyl adjacent to an activating group) is 1. The molecule has 3 rings (SSSR count). The molecule has 1 atom stereocenters. The summed E-state index contributed by atoms with van der Waals surface area (Å²) in [5.41, 5.74) is 0.795. The molecule has 26 heavy (non-hydrogen) atoms. The number of piperazine rings is 1. The van der Waals surface area contributed by atoms with Gasteiger partial charge in [-0.3, -0.25) is 14.6 Å². The number of likely N-dealkylation sites (tertiary alicyclic amines) is 1. The second kappa shape index (κ2) is 7.66. The molecule has 3 amide bonds. The molecular weight excluding hydrogens is 328 g/mol. The van der Waals surface area contributed by atoms with E-state index in [4.69, 9.17) is 0 Å². The maximum absolute atomic E-state index is 13.1. The van der Waals surface area contributed by atoms with Gasteiger partial charge in [0.25, 0.3) is 0 Å². The highest BCUT2D eigenvalue weighted by molar-refractivity contribution is 5.91. The highest BCUT2D eigenvalue weighted by atomic mass is 16.2. The summed E-state index contributed by atoms with van der Waals surface area (Å²) in [5.74, 6) is 0.239. The summed E-state index contributed by atoms with van der Waals surface area (Å²) >= 11 is 0. The summed E-state index contributed by atoms with van der Waals surface area (Å²) in [6, 6.07) is 9.78. The third-order valence-electron chi connectivity index (χ3n) is 6.09. The van der Waals surface area contributed by atoms with Crippen LogP contribution in [0.3, 0.4) is 0 Å². The van der Waals surface area contributed by atoms with Gasteiger partial charge < -0.3 is 9.80 Å². The predicted molar refractivity (Wildman–Crippen MR) is 103 cm³/mol. The maximum Gasteiger partial charge on any atom is 0.324 e. The van der Waals surface area contributed by atoms with Crippen molar-refractivity contribution in [3.63, 3.8) is 0 Å². The van der Waals surface area contributed by atoms with Gasteiger partial charge in [-0.1, -0.05) is 18.2 Å². The van der Waals surface area contributed by atoms with Crippen molar-refractivity contribution in [2.75, 3.05) is 51.7 Å². The van der Waals surface area contributed by atoms with E-state index in [0.29, 0.717) is 13.0 Å². The van der Waals surface area contributed by atoms with Gasteiger partial charge in [0, 0.05) is 57.4 Å². The fourth-order valence-corrected chi connectivity index (χ4v) is 4.17. The lowest BCUT2D eigenvalue weighted by molar-refractivity contribution is -0.130. The molecule has 0 saturated carbocycles. The average molecular weight is 358 g/mol. The van der Waals surface area contributed by atoms with E-state index in [2.05, 4.69) is 11.9 Å². The average Bonchev–Trinajstić information content (AvgIpc) is 2.83. The Hall–Kier alpha value is -2.08. The van der Waals surface area contributed by atoms with E-state index in [9.17, 15) is 9.59 Å². The van der Waals surface area contributed by atoms with Gasteiger partial charge in [-0.15, -0.1) is 0 Å². The number of benzene rings is 1. The Morgan fingerprint density at radius 2 is 1.88 bits per heavy atom. The van der Waals surface area contributed by atoms with Crippen LogP contribution in [0.4, 0.5) is 10.5 Å². The molecule has 0 aromatic heterocycles. The van der Waals surface area contributed by atoms with Crippen LogP contribution in [-0.2, 0) is 4.79 Å². The number of anilines is 1. The number of hydrogen-bond acceptors (Lipinski definition) is 3. The van der Waals surface area contributed by atoms with Crippen LogP contribution in [-0.4, -0.2) is 79.0 Å². The van der Waals surface area contributed by atoms with Crippen LogP contribution >= 0.6 is 0 Å². The Balaban J connectivity index is 1.75. The number of urea groups is 1. The monoisotopic (exact) mass is 358 g/mol. The molecule has 6 nitrogen and oxygen atoms in total. The van der Waals surface area contributed by atoms with E-state index >= 15 is 0 Å². The predicted octanol–water partition coefficient (Wildman–Crippen LogP) is 2.26. The first-order chi connectivity index (χ1) is 12.5. The van der Waals surface area contributed by atoms with Crippen LogP contribution in [0.1, 0.15) is 26.2 Å². The lowest BCUT2D eigenvalue weighted by Crippen LogP contribution is -2.63. The van der Waals surface area contributed by atoms with Gasteiger partial charge in [0.15, 0.2) is 0 Å². The van der Waals surface area contributed by atoms with Crippen molar-refractivity contribution >= 4 is 17.6 Å². The number of amides is 3. The first-order valence-electron chi connectivity index (χ1n) is 9.53. The smallest absolute Gasteiger partial charge is 0.324 e. The molecule has 1 aromatic carbocycles. The van der Waals surface area contributed by atoms with Crippen molar-refractivity contribution < 1.29 is 9.59 Å². The quantitative estimate of drug-likeness (QED) is 0.815. The Morgan fingerprint density at radius 1 is 1.15 bits per heavy atom. The van der Waals surface area contributed by atoms with Gasteiger partial charge in [0.1, 0.15) is 0 Å². The van der Waals surface area contributed by atoms with Crippen molar-refractivity contribution in [1.82, 2.24) is 14.7 Å². The highest BCUT2D eigenvalue weighted by Crippen LogP contribution is 2.32. The largest absolute Gasteiger partial charge is 0.343 e. The summed E-state index contributed by atoms with van der Waals surface area (Å²) in [6.45, 7) is 5.82. The van der Waals surface area contributed by atoms with E-state index in [1.54, 1.807) is 4.90 Å². The fraction of sp³-hybridized carbons (Fsp3) is 0.600. The molecule has 1 aromatic rings. The summed E-state index contributed by atoms with van der Waals surface area (Å²) in [4.78, 5) is 33.4. The van der Waals surface area contributed by atoms with Crippen LogP contribution < -0.4 is 4.90 Å². The second-order valence-electron chi connectivity index (χ2n) is 7.47. The van der Waals surface area contributed by atoms with Crippen molar-refractivity contribution in [3.05, 3.63) is 30.3 Å². The van der Waals surface area contributed by atoms with Gasteiger partial charge in [0.2, 0.25) is 5.91 Å². The Kier molecular flexibility index (Phi) is 5.51. The number of para-hydroxylation sites is 1. The molecule has 0 aliphatic carbocycles. The third kappa shape index (κ3) is 3.56. The number of hydrogen-bond donors (Lipinski definition) is 0. The zero-order valence-corrected chi connectivity index (χ0v) is 16.1. The maximum atomic E-state index is 13.1. The second-order valence-corrected chi connectivity index (χ2v) is 7.47. The molecule has 6 heteroatoms. The number of carbonyl (C=O) groups is 2. The minimum absolute atomic E-state index is 0.0339. The molecule has 2 aliphatic rings. The van der Waals surface area contributed by atoms with Crippen LogP contribution in [0, 0.1) is 0 Å². The van der Waals surface area contributed by atoms with Gasteiger partial charge in [-0.2, -0.15) is 0 Å². The summed E-state index contributed by atoms with van der Waals surface area (Å²) in [7, 11) is 3.97. The van der Waals surface area contributed by atoms with Gasteiger partial charge >= 0.3 is 6.03 Å². The zero-order valence-electron chi connectivity index (χ0n) is 16.1. The molecule has 142 valence electrons. The number of rotatable bonds is 2. The molecule has 2 fully saturated rings. The van der Waals surface area contributed by atoms with Crippen molar-refractivity contribution in [1.29, 1.82) is 0 Å². The van der Waals surface area contributed by atoms with E-state index in [1.165, 1.54) is 0 Å². The lowest BCUT2D eigenvalue weighted by atomic mass is 9.86. The van der Waals surface area contributed by atoms with Crippen molar-refractivity contribution in [2.24, 2.45) is 0 Å². The Bertz CT molecular complexity index is 650. The molecular formula is C20H30N4O2. The van der Waals surface area contributed by atoms with Gasteiger partial charge in [-0.25, -0.2) is 4.79 Å². The molecule has 2 saturated heterocycles. The number of nitrogens with zero attached hydrogens (tertiary/aromatic N) is 4. The molecule has 2 aliphatic heterocycles.